The normalized spacial score (nSPS) is 10.0. The highest BCUT2D eigenvalue weighted by Gasteiger charge is 2.19. The van der Waals surface area contributed by atoms with Crippen LogP contribution in [0, 0.1) is 10.1 Å². The molecule has 0 aliphatic heterocycles. The second kappa shape index (κ2) is 9.81. The van der Waals surface area contributed by atoms with Gasteiger partial charge >= 0.3 is 0 Å². The molecule has 146 valence electrons. The Balaban J connectivity index is 1.94. The molecule has 9 heteroatoms. The maximum absolute atomic E-state index is 12.1. The molecule has 0 aromatic heterocycles. The minimum absolute atomic E-state index is 0.101. The molecule has 2 aromatic rings. The topological polar surface area (TPSA) is 130 Å². The fourth-order valence-corrected chi connectivity index (χ4v) is 2.34. The van der Waals surface area contributed by atoms with Gasteiger partial charge in [0.2, 0.25) is 5.91 Å². The molecule has 3 amide bonds. The molecule has 3 N–H and O–H groups in total. The highest BCUT2D eigenvalue weighted by Crippen LogP contribution is 2.17. The highest BCUT2D eigenvalue weighted by atomic mass is 16.6. The van der Waals surface area contributed by atoms with Crippen LogP contribution in [-0.4, -0.2) is 22.6 Å². The number of carbonyl (C=O) groups is 3. The molecule has 0 radical (unpaired) electrons. The first-order valence-corrected chi connectivity index (χ1v) is 8.66. The minimum atomic E-state index is -0.805. The Morgan fingerprint density at radius 1 is 0.964 bits per heavy atom. The molecule has 9 nitrogen and oxygen atoms in total. The van der Waals surface area contributed by atoms with Gasteiger partial charge in [0, 0.05) is 23.7 Å². The van der Waals surface area contributed by atoms with E-state index in [0.717, 1.165) is 12.8 Å². The Morgan fingerprint density at radius 2 is 1.61 bits per heavy atom. The average molecular weight is 384 g/mol. The molecule has 0 bridgehead atoms. The third-order valence-electron chi connectivity index (χ3n) is 3.82. The van der Waals surface area contributed by atoms with Gasteiger partial charge in [0.25, 0.3) is 17.5 Å². The fourth-order valence-electron chi connectivity index (χ4n) is 2.34. The van der Waals surface area contributed by atoms with Crippen LogP contribution in [0.4, 0.5) is 11.4 Å². The van der Waals surface area contributed by atoms with Gasteiger partial charge in [-0.25, -0.2) is 0 Å². The molecule has 28 heavy (non-hydrogen) atoms. The van der Waals surface area contributed by atoms with Crippen molar-refractivity contribution in [1.29, 1.82) is 0 Å². The lowest BCUT2D eigenvalue weighted by molar-refractivity contribution is -0.385. The highest BCUT2D eigenvalue weighted by molar-refractivity contribution is 6.01. The van der Waals surface area contributed by atoms with Crippen LogP contribution in [0.3, 0.4) is 0 Å². The molecule has 0 aliphatic rings. The quantitative estimate of drug-likeness (QED) is 0.499. The first kappa shape index (κ1) is 20.6. The number of amides is 3. The number of benzene rings is 2. The van der Waals surface area contributed by atoms with Gasteiger partial charge in [0.1, 0.15) is 5.56 Å². The molecule has 0 aliphatic carbocycles. The number of hydrazine groups is 1. The van der Waals surface area contributed by atoms with E-state index >= 15 is 0 Å². The zero-order valence-electron chi connectivity index (χ0n) is 15.2. The summed E-state index contributed by atoms with van der Waals surface area (Å²) in [6.45, 7) is 2.00. The summed E-state index contributed by atoms with van der Waals surface area (Å²) in [6, 6.07) is 11.5. The molecule has 0 atom stereocenters. The van der Waals surface area contributed by atoms with E-state index in [1.54, 1.807) is 12.1 Å². The van der Waals surface area contributed by atoms with E-state index in [1.807, 2.05) is 6.92 Å². The number of nitro groups is 1. The number of hydrogen-bond acceptors (Lipinski definition) is 5. The number of hydrogen-bond donors (Lipinski definition) is 3. The van der Waals surface area contributed by atoms with Crippen LogP contribution in [0.5, 0.6) is 0 Å². The summed E-state index contributed by atoms with van der Waals surface area (Å²) in [5.41, 5.74) is 4.62. The predicted octanol–water partition coefficient (Wildman–Crippen LogP) is 2.80. The van der Waals surface area contributed by atoms with Crippen molar-refractivity contribution in [3.05, 3.63) is 69.8 Å². The monoisotopic (exact) mass is 384 g/mol. The Labute approximate surface area is 161 Å². The molecule has 2 rings (SSSR count). The van der Waals surface area contributed by atoms with Crippen LogP contribution in [0.15, 0.2) is 48.5 Å². The lowest BCUT2D eigenvalue weighted by Crippen LogP contribution is -2.41. The number of unbranched alkanes of at least 4 members (excludes halogenated alkanes) is 1. The number of nitrogens with one attached hydrogen (secondary N) is 3. The van der Waals surface area contributed by atoms with Gasteiger partial charge in [-0.1, -0.05) is 25.5 Å². The van der Waals surface area contributed by atoms with Gasteiger partial charge in [0.15, 0.2) is 0 Å². The summed E-state index contributed by atoms with van der Waals surface area (Å²) < 4.78 is 0. The first-order chi connectivity index (χ1) is 13.4. The van der Waals surface area contributed by atoms with Crippen LogP contribution in [-0.2, 0) is 4.79 Å². The van der Waals surface area contributed by atoms with Crippen molar-refractivity contribution in [3.8, 4) is 0 Å². The van der Waals surface area contributed by atoms with Crippen LogP contribution in [0.2, 0.25) is 0 Å². The van der Waals surface area contributed by atoms with E-state index in [0.29, 0.717) is 12.1 Å². The number of para-hydroxylation sites is 1. The smallest absolute Gasteiger partial charge is 0.282 e. The second-order valence-corrected chi connectivity index (χ2v) is 5.91. The van der Waals surface area contributed by atoms with E-state index in [2.05, 4.69) is 16.2 Å². The van der Waals surface area contributed by atoms with Gasteiger partial charge in [-0.15, -0.1) is 0 Å². The van der Waals surface area contributed by atoms with E-state index in [9.17, 15) is 24.5 Å². The molecule has 0 heterocycles. The number of rotatable bonds is 7. The van der Waals surface area contributed by atoms with Gasteiger partial charge in [0.05, 0.1) is 4.92 Å². The second-order valence-electron chi connectivity index (χ2n) is 5.91. The molecule has 0 saturated heterocycles. The van der Waals surface area contributed by atoms with Crippen molar-refractivity contribution < 1.29 is 19.3 Å². The Bertz CT molecular complexity index is 880. The van der Waals surface area contributed by atoms with Crippen molar-refractivity contribution in [2.45, 2.75) is 26.2 Å². The summed E-state index contributed by atoms with van der Waals surface area (Å²) >= 11 is 0. The number of anilines is 1. The zero-order chi connectivity index (χ0) is 20.5. The van der Waals surface area contributed by atoms with Crippen molar-refractivity contribution in [3.63, 3.8) is 0 Å². The number of nitro benzene ring substituents is 1. The lowest BCUT2D eigenvalue weighted by Gasteiger charge is -2.09. The van der Waals surface area contributed by atoms with E-state index in [4.69, 9.17) is 0 Å². The molecule has 0 unspecified atom stereocenters. The Hall–Kier alpha value is -3.75. The van der Waals surface area contributed by atoms with Crippen molar-refractivity contribution in [2.75, 3.05) is 5.32 Å². The maximum Gasteiger partial charge on any atom is 0.282 e. The Morgan fingerprint density at radius 3 is 2.25 bits per heavy atom. The maximum atomic E-state index is 12.1. The van der Waals surface area contributed by atoms with Gasteiger partial charge < -0.3 is 5.32 Å². The van der Waals surface area contributed by atoms with Crippen LogP contribution in [0.1, 0.15) is 46.9 Å². The first-order valence-electron chi connectivity index (χ1n) is 8.66. The van der Waals surface area contributed by atoms with Crippen LogP contribution >= 0.6 is 0 Å². The fraction of sp³-hybridized carbons (Fsp3) is 0.211. The van der Waals surface area contributed by atoms with E-state index < -0.39 is 16.7 Å². The van der Waals surface area contributed by atoms with E-state index in [-0.39, 0.29) is 22.7 Å². The molecule has 0 spiro atoms. The lowest BCUT2D eigenvalue weighted by atomic mass is 10.1. The number of carbonyl (C=O) groups excluding carboxylic acids is 3. The average Bonchev–Trinajstić information content (AvgIpc) is 2.70. The van der Waals surface area contributed by atoms with Gasteiger partial charge in [-0.05, 0) is 36.8 Å². The predicted molar refractivity (Wildman–Crippen MR) is 103 cm³/mol. The Kier molecular flexibility index (Phi) is 7.21. The molecule has 0 fully saturated rings. The summed E-state index contributed by atoms with van der Waals surface area (Å²) in [7, 11) is 0. The van der Waals surface area contributed by atoms with Crippen molar-refractivity contribution in [2.24, 2.45) is 0 Å². The molecular weight excluding hydrogens is 364 g/mol. The summed E-state index contributed by atoms with van der Waals surface area (Å²) in [5.74, 6) is -1.51. The van der Waals surface area contributed by atoms with Gasteiger partial charge in [-0.3, -0.25) is 35.3 Å². The van der Waals surface area contributed by atoms with Crippen molar-refractivity contribution >= 4 is 29.1 Å². The minimum Gasteiger partial charge on any atom is -0.326 e. The summed E-state index contributed by atoms with van der Waals surface area (Å²) in [5, 5.41) is 13.7. The van der Waals surface area contributed by atoms with Crippen LogP contribution < -0.4 is 16.2 Å². The SMILES string of the molecule is CCCCC(=O)Nc1ccc(C(=O)NNC(=O)c2ccccc2[N+](=O)[O-])cc1. The third-order valence-corrected chi connectivity index (χ3v) is 3.82. The summed E-state index contributed by atoms with van der Waals surface area (Å²) in [6.07, 6.45) is 2.15. The van der Waals surface area contributed by atoms with Crippen LogP contribution in [0.25, 0.3) is 0 Å². The van der Waals surface area contributed by atoms with Gasteiger partial charge in [-0.2, -0.15) is 0 Å². The molecule has 0 saturated carbocycles. The third kappa shape index (κ3) is 5.63. The van der Waals surface area contributed by atoms with E-state index in [1.165, 1.54) is 36.4 Å². The number of nitrogens with zero attached hydrogens (tertiary/aromatic N) is 1. The zero-order valence-corrected chi connectivity index (χ0v) is 15.2. The summed E-state index contributed by atoms with van der Waals surface area (Å²) in [4.78, 5) is 46.2. The standard InChI is InChI=1S/C19H20N4O5/c1-2-3-8-17(24)20-14-11-9-13(10-12-14)18(25)21-22-19(26)15-6-4-5-7-16(15)23(27)28/h4-7,9-12H,2-3,8H2,1H3,(H,20,24)(H,21,25)(H,22,26). The molecular formula is C19H20N4O5. The van der Waals surface area contributed by atoms with Crippen molar-refractivity contribution in [1.82, 2.24) is 10.9 Å². The largest absolute Gasteiger partial charge is 0.326 e. The molecule has 2 aromatic carbocycles.